The van der Waals surface area contributed by atoms with Crippen LogP contribution in [0.4, 0.5) is 10.8 Å². The number of nitrogens with one attached hydrogen (secondary N) is 1. The topological polar surface area (TPSA) is 68.0 Å². The smallest absolute Gasteiger partial charge is 0.228 e. The monoisotopic (exact) mass is 259 g/mol. The van der Waals surface area contributed by atoms with Crippen molar-refractivity contribution >= 4 is 28.1 Å². The summed E-state index contributed by atoms with van der Waals surface area (Å²) in [5, 5.41) is 5.38. The zero-order valence-electron chi connectivity index (χ0n) is 9.99. The molecule has 0 spiro atoms. The maximum Gasteiger partial charge on any atom is 0.228 e. The molecule has 1 aliphatic heterocycles. The quantitative estimate of drug-likeness (QED) is 0.870. The number of nitrogens with zero attached hydrogens (tertiary/aromatic N) is 1. The molecule has 4 nitrogen and oxygen atoms in total. The van der Waals surface area contributed by atoms with Crippen LogP contribution < -0.4 is 11.1 Å². The van der Waals surface area contributed by atoms with E-state index >= 15 is 0 Å². The van der Waals surface area contributed by atoms with Gasteiger partial charge in [0.2, 0.25) is 5.91 Å². The lowest BCUT2D eigenvalue weighted by Gasteiger charge is -2.08. The van der Waals surface area contributed by atoms with Gasteiger partial charge >= 0.3 is 0 Å². The van der Waals surface area contributed by atoms with Gasteiger partial charge < -0.3 is 11.1 Å². The van der Waals surface area contributed by atoms with Crippen molar-refractivity contribution in [3.8, 4) is 11.3 Å². The molecule has 5 heteroatoms. The van der Waals surface area contributed by atoms with E-state index in [1.54, 1.807) is 0 Å². The van der Waals surface area contributed by atoms with Crippen LogP contribution in [0.3, 0.4) is 0 Å². The Hall–Kier alpha value is -1.88. The Morgan fingerprint density at radius 2 is 2.33 bits per heavy atom. The van der Waals surface area contributed by atoms with E-state index in [4.69, 9.17) is 5.73 Å². The third kappa shape index (κ3) is 1.76. The molecule has 0 unspecified atom stereocenters. The van der Waals surface area contributed by atoms with Crippen LogP contribution in [-0.2, 0) is 17.6 Å². The molecule has 0 aliphatic carbocycles. The first-order valence-corrected chi connectivity index (χ1v) is 6.72. The number of fused-ring (bicyclic) bond motifs is 1. The second-order valence-electron chi connectivity index (χ2n) is 4.33. The fourth-order valence-corrected chi connectivity index (χ4v) is 2.79. The van der Waals surface area contributed by atoms with E-state index in [1.165, 1.54) is 16.9 Å². The standard InChI is InChI=1S/C13H13N3OS/c1-2-7-3-8-5-11(17)16-12(8)9(4-7)10-6-18-13(14)15-10/h3-4,6H,2,5H2,1H3,(H2,14,15)(H,16,17). The number of hydrogen-bond acceptors (Lipinski definition) is 4. The molecule has 0 radical (unpaired) electrons. The number of nitrogens with two attached hydrogens (primary N) is 1. The fraction of sp³-hybridized carbons (Fsp3) is 0.231. The summed E-state index contributed by atoms with van der Waals surface area (Å²) in [4.78, 5) is 15.8. The predicted octanol–water partition coefficient (Wildman–Crippen LogP) is 2.45. The van der Waals surface area contributed by atoms with Crippen LogP contribution in [0, 0.1) is 0 Å². The first-order chi connectivity index (χ1) is 8.67. The molecule has 0 bridgehead atoms. The lowest BCUT2D eigenvalue weighted by atomic mass is 10.00. The minimum Gasteiger partial charge on any atom is -0.375 e. The summed E-state index contributed by atoms with van der Waals surface area (Å²) in [5.74, 6) is 0.0442. The van der Waals surface area contributed by atoms with Crippen molar-refractivity contribution in [3.05, 3.63) is 28.6 Å². The van der Waals surface area contributed by atoms with Gasteiger partial charge in [-0.05, 0) is 23.6 Å². The molecule has 18 heavy (non-hydrogen) atoms. The average Bonchev–Trinajstić information content (AvgIpc) is 2.92. The van der Waals surface area contributed by atoms with Crippen molar-refractivity contribution < 1.29 is 4.79 Å². The van der Waals surface area contributed by atoms with E-state index in [0.29, 0.717) is 11.6 Å². The maximum absolute atomic E-state index is 11.5. The van der Waals surface area contributed by atoms with E-state index in [2.05, 4.69) is 29.4 Å². The number of aryl methyl sites for hydroxylation is 1. The van der Waals surface area contributed by atoms with Gasteiger partial charge in [0.1, 0.15) is 0 Å². The molecule has 92 valence electrons. The molecule has 0 saturated carbocycles. The minimum absolute atomic E-state index is 0.0442. The Morgan fingerprint density at radius 3 is 3.00 bits per heavy atom. The molecule has 1 aromatic carbocycles. The third-order valence-electron chi connectivity index (χ3n) is 3.10. The van der Waals surface area contributed by atoms with Gasteiger partial charge in [0.15, 0.2) is 5.13 Å². The Balaban J connectivity index is 2.19. The third-order valence-corrected chi connectivity index (χ3v) is 3.78. The highest BCUT2D eigenvalue weighted by Crippen LogP contribution is 2.36. The zero-order valence-corrected chi connectivity index (χ0v) is 10.8. The molecule has 0 fully saturated rings. The van der Waals surface area contributed by atoms with Crippen LogP contribution in [0.25, 0.3) is 11.3 Å². The summed E-state index contributed by atoms with van der Waals surface area (Å²) < 4.78 is 0. The van der Waals surface area contributed by atoms with E-state index in [9.17, 15) is 4.79 Å². The molecule has 1 amide bonds. The minimum atomic E-state index is 0.0442. The first kappa shape index (κ1) is 11.2. The summed E-state index contributed by atoms with van der Waals surface area (Å²) >= 11 is 1.41. The molecule has 0 atom stereocenters. The van der Waals surface area contributed by atoms with Crippen molar-refractivity contribution in [3.63, 3.8) is 0 Å². The summed E-state index contributed by atoms with van der Waals surface area (Å²) in [7, 11) is 0. The SMILES string of the molecule is CCc1cc2c(c(-c3csc(N)n3)c1)NC(=O)C2. The van der Waals surface area contributed by atoms with Crippen LogP contribution in [0.2, 0.25) is 0 Å². The number of benzene rings is 1. The van der Waals surface area contributed by atoms with Crippen molar-refractivity contribution in [1.29, 1.82) is 0 Å². The Bertz CT molecular complexity index is 633. The highest BCUT2D eigenvalue weighted by atomic mass is 32.1. The molecule has 3 N–H and O–H groups in total. The second kappa shape index (κ2) is 4.10. The number of anilines is 2. The Labute approximate surface area is 109 Å². The summed E-state index contributed by atoms with van der Waals surface area (Å²) in [6.07, 6.45) is 1.39. The summed E-state index contributed by atoms with van der Waals surface area (Å²) in [5.41, 5.74) is 10.7. The van der Waals surface area contributed by atoms with Gasteiger partial charge in [0.05, 0.1) is 17.8 Å². The van der Waals surface area contributed by atoms with E-state index in [1.807, 2.05) is 5.38 Å². The van der Waals surface area contributed by atoms with Crippen LogP contribution >= 0.6 is 11.3 Å². The van der Waals surface area contributed by atoms with Crippen LogP contribution in [-0.4, -0.2) is 10.9 Å². The largest absolute Gasteiger partial charge is 0.375 e. The van der Waals surface area contributed by atoms with Gasteiger partial charge in [0, 0.05) is 10.9 Å². The number of carbonyl (C=O) groups excluding carboxylic acids is 1. The Kier molecular flexibility index (Phi) is 2.56. The molecule has 1 aromatic heterocycles. The summed E-state index contributed by atoms with van der Waals surface area (Å²) in [6, 6.07) is 4.17. The van der Waals surface area contributed by atoms with Crippen molar-refractivity contribution in [2.75, 3.05) is 11.1 Å². The molecule has 0 saturated heterocycles. The second-order valence-corrected chi connectivity index (χ2v) is 5.22. The van der Waals surface area contributed by atoms with Gasteiger partial charge in [-0.15, -0.1) is 11.3 Å². The van der Waals surface area contributed by atoms with E-state index in [-0.39, 0.29) is 5.91 Å². The highest BCUT2D eigenvalue weighted by Gasteiger charge is 2.23. The van der Waals surface area contributed by atoms with Gasteiger partial charge in [-0.1, -0.05) is 13.0 Å². The lowest BCUT2D eigenvalue weighted by molar-refractivity contribution is -0.115. The number of nitrogen functional groups attached to an aromatic ring is 1. The number of thiazole rings is 1. The molecular weight excluding hydrogens is 246 g/mol. The number of aromatic nitrogens is 1. The molecule has 3 rings (SSSR count). The van der Waals surface area contributed by atoms with Crippen LogP contribution in [0.1, 0.15) is 18.1 Å². The van der Waals surface area contributed by atoms with Gasteiger partial charge in [-0.25, -0.2) is 4.98 Å². The predicted molar refractivity (Wildman–Crippen MR) is 73.7 cm³/mol. The first-order valence-electron chi connectivity index (χ1n) is 5.84. The Morgan fingerprint density at radius 1 is 1.50 bits per heavy atom. The highest BCUT2D eigenvalue weighted by molar-refractivity contribution is 7.13. The van der Waals surface area contributed by atoms with Gasteiger partial charge in [-0.2, -0.15) is 0 Å². The lowest BCUT2D eigenvalue weighted by Crippen LogP contribution is -2.04. The van der Waals surface area contributed by atoms with Crippen molar-refractivity contribution in [2.24, 2.45) is 0 Å². The number of carbonyl (C=O) groups is 1. The van der Waals surface area contributed by atoms with E-state index in [0.717, 1.165) is 28.9 Å². The number of hydrogen-bond donors (Lipinski definition) is 2. The van der Waals surface area contributed by atoms with E-state index < -0.39 is 0 Å². The number of amides is 1. The van der Waals surface area contributed by atoms with Crippen LogP contribution in [0.5, 0.6) is 0 Å². The fourth-order valence-electron chi connectivity index (χ4n) is 2.23. The normalized spacial score (nSPS) is 13.5. The number of rotatable bonds is 2. The van der Waals surface area contributed by atoms with Crippen LogP contribution in [0.15, 0.2) is 17.5 Å². The summed E-state index contributed by atoms with van der Waals surface area (Å²) in [6.45, 7) is 2.10. The van der Waals surface area contributed by atoms with Gasteiger partial charge in [0.25, 0.3) is 0 Å². The maximum atomic E-state index is 11.5. The molecule has 1 aliphatic rings. The molecule has 2 heterocycles. The van der Waals surface area contributed by atoms with Crippen molar-refractivity contribution in [1.82, 2.24) is 4.98 Å². The average molecular weight is 259 g/mol. The van der Waals surface area contributed by atoms with Gasteiger partial charge in [-0.3, -0.25) is 4.79 Å². The molecule has 2 aromatic rings. The molecular formula is C13H13N3OS. The van der Waals surface area contributed by atoms with Crippen molar-refractivity contribution in [2.45, 2.75) is 19.8 Å². The zero-order chi connectivity index (χ0) is 12.7.